The third-order valence-corrected chi connectivity index (χ3v) is 3.55. The highest BCUT2D eigenvalue weighted by atomic mass is 35.5. The lowest BCUT2D eigenvalue weighted by molar-refractivity contribution is 0.171. The van der Waals surface area contributed by atoms with Crippen LogP contribution in [0.4, 0.5) is 0 Å². The van der Waals surface area contributed by atoms with E-state index in [2.05, 4.69) is 10.2 Å². The Morgan fingerprint density at radius 1 is 1.16 bits per heavy atom. The molecular weight excluding hydrogens is 287 g/mol. The molecule has 1 N–H and O–H groups in total. The zero-order chi connectivity index (χ0) is 12.4. The summed E-state index contributed by atoms with van der Waals surface area (Å²) in [5.41, 5.74) is 1.19. The fourth-order valence-corrected chi connectivity index (χ4v) is 2.67. The second-order valence-electron chi connectivity index (χ2n) is 4.63. The Morgan fingerprint density at radius 3 is 2.68 bits per heavy atom. The highest BCUT2D eigenvalue weighted by molar-refractivity contribution is 6.32. The Kier molecular flexibility index (Phi) is 5.16. The number of ether oxygens (including phenoxy) is 2. The van der Waals surface area contributed by atoms with Crippen molar-refractivity contribution in [1.29, 1.82) is 0 Å². The number of rotatable bonds is 2. The minimum Gasteiger partial charge on any atom is -0.486 e. The molecule has 4 nitrogen and oxygen atoms in total. The van der Waals surface area contributed by atoms with Crippen LogP contribution in [0.3, 0.4) is 0 Å². The molecule has 0 unspecified atom stereocenters. The smallest absolute Gasteiger partial charge is 0.179 e. The zero-order valence-corrected chi connectivity index (χ0v) is 12.2. The summed E-state index contributed by atoms with van der Waals surface area (Å²) in [6.45, 7) is 6.34. The highest BCUT2D eigenvalue weighted by Gasteiger charge is 2.18. The van der Waals surface area contributed by atoms with Gasteiger partial charge in [-0.2, -0.15) is 0 Å². The van der Waals surface area contributed by atoms with Gasteiger partial charge in [0.2, 0.25) is 0 Å². The van der Waals surface area contributed by atoms with E-state index in [1.807, 2.05) is 12.1 Å². The zero-order valence-electron chi connectivity index (χ0n) is 10.7. The number of fused-ring (bicyclic) bond motifs is 1. The lowest BCUT2D eigenvalue weighted by Gasteiger charge is -2.28. The minimum absolute atomic E-state index is 0. The van der Waals surface area contributed by atoms with Crippen LogP contribution in [0.25, 0.3) is 0 Å². The van der Waals surface area contributed by atoms with Crippen LogP contribution in [0.5, 0.6) is 11.5 Å². The summed E-state index contributed by atoms with van der Waals surface area (Å²) in [7, 11) is 0. The second kappa shape index (κ2) is 6.66. The molecule has 106 valence electrons. The van der Waals surface area contributed by atoms with E-state index in [1.165, 1.54) is 5.56 Å². The fourth-order valence-electron chi connectivity index (χ4n) is 2.38. The van der Waals surface area contributed by atoms with E-state index in [9.17, 15) is 0 Å². The van der Waals surface area contributed by atoms with E-state index in [0.29, 0.717) is 24.0 Å². The van der Waals surface area contributed by atoms with Gasteiger partial charge in [0.15, 0.2) is 11.5 Å². The summed E-state index contributed by atoms with van der Waals surface area (Å²) in [5, 5.41) is 4.00. The van der Waals surface area contributed by atoms with Gasteiger partial charge in [0.1, 0.15) is 13.2 Å². The van der Waals surface area contributed by atoms with Gasteiger partial charge in [-0.3, -0.25) is 4.90 Å². The molecule has 0 atom stereocenters. The van der Waals surface area contributed by atoms with E-state index in [4.69, 9.17) is 21.1 Å². The van der Waals surface area contributed by atoms with Crippen LogP contribution in [-0.4, -0.2) is 44.3 Å². The van der Waals surface area contributed by atoms with Gasteiger partial charge < -0.3 is 14.8 Å². The number of hydrogen-bond acceptors (Lipinski definition) is 4. The van der Waals surface area contributed by atoms with Crippen LogP contribution >= 0.6 is 24.0 Å². The summed E-state index contributed by atoms with van der Waals surface area (Å²) < 4.78 is 11.1. The average Bonchev–Trinajstić information content (AvgIpc) is 2.40. The molecule has 0 aliphatic carbocycles. The van der Waals surface area contributed by atoms with Gasteiger partial charge in [-0.05, 0) is 17.7 Å². The highest BCUT2D eigenvalue weighted by Crippen LogP contribution is 2.38. The van der Waals surface area contributed by atoms with Crippen LogP contribution in [0.2, 0.25) is 5.02 Å². The van der Waals surface area contributed by atoms with Crippen molar-refractivity contribution in [2.24, 2.45) is 0 Å². The molecule has 2 heterocycles. The SMILES string of the molecule is Cl.Clc1cc(CN2CCNCC2)cc2c1OCCO2. The van der Waals surface area contributed by atoms with Crippen molar-refractivity contribution < 1.29 is 9.47 Å². The normalized spacial score (nSPS) is 18.8. The van der Waals surface area contributed by atoms with Crippen molar-refractivity contribution in [2.45, 2.75) is 6.54 Å². The van der Waals surface area contributed by atoms with Crippen LogP contribution in [-0.2, 0) is 6.54 Å². The van der Waals surface area contributed by atoms with Gasteiger partial charge in [0.25, 0.3) is 0 Å². The third-order valence-electron chi connectivity index (χ3n) is 3.27. The minimum atomic E-state index is 0. The van der Waals surface area contributed by atoms with Crippen LogP contribution in [0.15, 0.2) is 12.1 Å². The van der Waals surface area contributed by atoms with Gasteiger partial charge in [-0.25, -0.2) is 0 Å². The largest absolute Gasteiger partial charge is 0.486 e. The summed E-state index contributed by atoms with van der Waals surface area (Å²) in [6.07, 6.45) is 0. The van der Waals surface area contributed by atoms with Crippen molar-refractivity contribution in [3.8, 4) is 11.5 Å². The average molecular weight is 305 g/mol. The molecule has 0 amide bonds. The van der Waals surface area contributed by atoms with Crippen LogP contribution in [0, 0.1) is 0 Å². The first-order valence-corrected chi connectivity index (χ1v) is 6.72. The number of benzene rings is 1. The number of nitrogens with one attached hydrogen (secondary N) is 1. The Morgan fingerprint density at radius 2 is 1.89 bits per heavy atom. The van der Waals surface area contributed by atoms with Crippen LogP contribution < -0.4 is 14.8 Å². The lowest BCUT2D eigenvalue weighted by Crippen LogP contribution is -2.42. The molecule has 1 aromatic rings. The van der Waals surface area contributed by atoms with E-state index >= 15 is 0 Å². The van der Waals surface area contributed by atoms with Crippen LogP contribution in [0.1, 0.15) is 5.56 Å². The molecular formula is C13H18Cl2N2O2. The van der Waals surface area contributed by atoms with Gasteiger partial charge in [-0.15, -0.1) is 12.4 Å². The molecule has 1 saturated heterocycles. The predicted molar refractivity (Wildman–Crippen MR) is 77.8 cm³/mol. The monoisotopic (exact) mass is 304 g/mol. The predicted octanol–water partition coefficient (Wildman–Crippen LogP) is 1.94. The second-order valence-corrected chi connectivity index (χ2v) is 5.04. The Balaban J connectivity index is 0.00000133. The standard InChI is InChI=1S/C13H17ClN2O2.ClH/c14-11-7-10(9-16-3-1-15-2-4-16)8-12-13(11)18-6-5-17-12;/h7-8,15H,1-6,9H2;1H. The molecule has 3 rings (SSSR count). The van der Waals surface area contributed by atoms with E-state index in [1.54, 1.807) is 0 Å². The topological polar surface area (TPSA) is 33.7 Å². The number of hydrogen-bond donors (Lipinski definition) is 1. The number of halogens is 2. The fraction of sp³-hybridized carbons (Fsp3) is 0.538. The molecule has 1 aromatic carbocycles. The van der Waals surface area contributed by atoms with Crippen molar-refractivity contribution in [2.75, 3.05) is 39.4 Å². The lowest BCUT2D eigenvalue weighted by atomic mass is 10.1. The van der Waals surface area contributed by atoms with Crippen molar-refractivity contribution in [3.05, 3.63) is 22.7 Å². The molecule has 0 aromatic heterocycles. The molecule has 0 bridgehead atoms. The van der Waals surface area contributed by atoms with E-state index in [-0.39, 0.29) is 12.4 Å². The molecule has 6 heteroatoms. The number of piperazine rings is 1. The molecule has 0 spiro atoms. The first kappa shape index (κ1) is 14.7. The maximum absolute atomic E-state index is 6.23. The number of nitrogens with zero attached hydrogens (tertiary/aromatic N) is 1. The molecule has 2 aliphatic heterocycles. The Labute approximate surface area is 124 Å². The summed E-state index contributed by atoms with van der Waals surface area (Å²) in [4.78, 5) is 2.41. The van der Waals surface area contributed by atoms with Gasteiger partial charge in [0.05, 0.1) is 5.02 Å². The van der Waals surface area contributed by atoms with Crippen molar-refractivity contribution in [3.63, 3.8) is 0 Å². The maximum atomic E-state index is 6.23. The molecule has 0 radical (unpaired) electrons. The summed E-state index contributed by atoms with van der Waals surface area (Å²) >= 11 is 6.23. The third kappa shape index (κ3) is 3.45. The van der Waals surface area contributed by atoms with E-state index in [0.717, 1.165) is 38.5 Å². The van der Waals surface area contributed by atoms with E-state index < -0.39 is 0 Å². The van der Waals surface area contributed by atoms with Crippen molar-refractivity contribution in [1.82, 2.24) is 10.2 Å². The quantitative estimate of drug-likeness (QED) is 0.905. The van der Waals surface area contributed by atoms with Gasteiger partial charge in [0, 0.05) is 32.7 Å². The molecule has 1 fully saturated rings. The molecule has 2 aliphatic rings. The van der Waals surface area contributed by atoms with Gasteiger partial charge >= 0.3 is 0 Å². The van der Waals surface area contributed by atoms with Gasteiger partial charge in [-0.1, -0.05) is 11.6 Å². The first-order chi connectivity index (χ1) is 8.83. The first-order valence-electron chi connectivity index (χ1n) is 6.34. The molecule has 0 saturated carbocycles. The Hall–Kier alpha value is -0.680. The summed E-state index contributed by atoms with van der Waals surface area (Å²) in [5.74, 6) is 1.46. The summed E-state index contributed by atoms with van der Waals surface area (Å²) in [6, 6.07) is 4.03. The van der Waals surface area contributed by atoms with Crippen molar-refractivity contribution >= 4 is 24.0 Å². The maximum Gasteiger partial charge on any atom is 0.179 e. The Bertz CT molecular complexity index is 437. The molecule has 19 heavy (non-hydrogen) atoms.